The molecule has 1 unspecified atom stereocenters. The van der Waals surface area contributed by atoms with Crippen molar-refractivity contribution in [2.75, 3.05) is 4.90 Å². The van der Waals surface area contributed by atoms with Crippen LogP contribution in [0.5, 0.6) is 5.75 Å². The Balaban J connectivity index is 1.83. The average molecular weight is 400 g/mol. The Bertz CT molecular complexity index is 783. The summed E-state index contributed by atoms with van der Waals surface area (Å²) >= 11 is 0. The maximum absolute atomic E-state index is 13.2. The van der Waals surface area contributed by atoms with Crippen LogP contribution in [0.15, 0.2) is 24.3 Å². The molecule has 1 atom stereocenters. The van der Waals surface area contributed by atoms with Crippen LogP contribution in [-0.2, 0) is 19.2 Å². The monoisotopic (exact) mass is 400 g/mol. The molecule has 1 heterocycles. The van der Waals surface area contributed by atoms with E-state index in [-0.39, 0.29) is 30.2 Å². The summed E-state index contributed by atoms with van der Waals surface area (Å²) in [7, 11) is 0. The highest BCUT2D eigenvalue weighted by Crippen LogP contribution is 2.32. The van der Waals surface area contributed by atoms with E-state index in [2.05, 4.69) is 0 Å². The van der Waals surface area contributed by atoms with Crippen molar-refractivity contribution in [2.24, 2.45) is 0 Å². The number of esters is 1. The van der Waals surface area contributed by atoms with Crippen LogP contribution >= 0.6 is 0 Å². The molecule has 0 spiro atoms. The van der Waals surface area contributed by atoms with Gasteiger partial charge in [0.15, 0.2) is 0 Å². The lowest BCUT2D eigenvalue weighted by Crippen LogP contribution is -2.51. The lowest BCUT2D eigenvalue weighted by molar-refractivity contribution is -0.142. The fourth-order valence-corrected chi connectivity index (χ4v) is 4.27. The molecular weight excluding hydrogens is 372 g/mol. The third kappa shape index (κ3) is 4.66. The highest BCUT2D eigenvalue weighted by molar-refractivity contribution is 6.23. The van der Waals surface area contributed by atoms with Crippen molar-refractivity contribution >= 4 is 29.4 Å². The fourth-order valence-electron chi connectivity index (χ4n) is 4.27. The number of amides is 3. The van der Waals surface area contributed by atoms with Gasteiger partial charge in [0, 0.05) is 19.4 Å². The SMILES string of the molecule is CCCC(=O)N(C1CCCCC1)C1CC(=O)N(c2ccc(OC(C)=O)cc2)C1=O. The Morgan fingerprint density at radius 2 is 1.76 bits per heavy atom. The molecule has 1 saturated carbocycles. The van der Waals surface area contributed by atoms with Crippen LogP contribution in [0.25, 0.3) is 0 Å². The minimum absolute atomic E-state index is 0.0104. The fraction of sp³-hybridized carbons (Fsp3) is 0.545. The summed E-state index contributed by atoms with van der Waals surface area (Å²) in [6.07, 6.45) is 6.08. The minimum Gasteiger partial charge on any atom is -0.427 e. The van der Waals surface area contributed by atoms with E-state index in [9.17, 15) is 19.2 Å². The molecule has 3 amide bonds. The van der Waals surface area contributed by atoms with E-state index in [1.165, 1.54) is 6.92 Å². The second-order valence-electron chi connectivity index (χ2n) is 7.72. The van der Waals surface area contributed by atoms with Crippen molar-refractivity contribution in [3.05, 3.63) is 24.3 Å². The molecule has 2 fully saturated rings. The Morgan fingerprint density at radius 3 is 2.34 bits per heavy atom. The van der Waals surface area contributed by atoms with Gasteiger partial charge >= 0.3 is 5.97 Å². The van der Waals surface area contributed by atoms with Gasteiger partial charge in [0.25, 0.3) is 5.91 Å². The predicted molar refractivity (Wildman–Crippen MR) is 107 cm³/mol. The van der Waals surface area contributed by atoms with Crippen LogP contribution in [0.1, 0.15) is 65.2 Å². The number of carbonyl (C=O) groups excluding carboxylic acids is 4. The number of benzene rings is 1. The highest BCUT2D eigenvalue weighted by Gasteiger charge is 2.46. The lowest BCUT2D eigenvalue weighted by atomic mass is 9.92. The third-order valence-corrected chi connectivity index (χ3v) is 5.54. The summed E-state index contributed by atoms with van der Waals surface area (Å²) in [6, 6.07) is 5.54. The maximum Gasteiger partial charge on any atom is 0.308 e. The van der Waals surface area contributed by atoms with Crippen LogP contribution in [0.4, 0.5) is 5.69 Å². The predicted octanol–water partition coefficient (Wildman–Crippen LogP) is 3.21. The van der Waals surface area contributed by atoms with E-state index in [0.717, 1.165) is 37.0 Å². The number of rotatable bonds is 6. The first-order valence-electron chi connectivity index (χ1n) is 10.4. The molecule has 29 heavy (non-hydrogen) atoms. The molecule has 1 aliphatic heterocycles. The summed E-state index contributed by atoms with van der Waals surface area (Å²) in [5, 5.41) is 0. The summed E-state index contributed by atoms with van der Waals surface area (Å²) < 4.78 is 5.00. The molecule has 7 heteroatoms. The number of nitrogens with zero attached hydrogens (tertiary/aromatic N) is 2. The molecule has 0 N–H and O–H groups in total. The highest BCUT2D eigenvalue weighted by atomic mass is 16.5. The molecule has 1 aromatic rings. The van der Waals surface area contributed by atoms with Gasteiger partial charge in [0.05, 0.1) is 12.1 Å². The molecule has 7 nitrogen and oxygen atoms in total. The minimum atomic E-state index is -0.738. The number of ether oxygens (including phenoxy) is 1. The first-order chi connectivity index (χ1) is 13.9. The average Bonchev–Trinajstić information content (AvgIpc) is 2.97. The first-order valence-corrected chi connectivity index (χ1v) is 10.4. The molecule has 0 radical (unpaired) electrons. The largest absolute Gasteiger partial charge is 0.427 e. The summed E-state index contributed by atoms with van der Waals surface area (Å²) in [5.41, 5.74) is 0.421. The molecule has 0 bridgehead atoms. The van der Waals surface area contributed by atoms with Gasteiger partial charge in [-0.05, 0) is 43.5 Å². The Hall–Kier alpha value is -2.70. The van der Waals surface area contributed by atoms with Gasteiger partial charge in [-0.2, -0.15) is 0 Å². The topological polar surface area (TPSA) is 84.0 Å². The Kier molecular flexibility index (Phi) is 6.67. The Labute approximate surface area is 171 Å². The molecule has 156 valence electrons. The van der Waals surface area contributed by atoms with Crippen LogP contribution < -0.4 is 9.64 Å². The first kappa shape index (κ1) is 21.0. The zero-order valence-corrected chi connectivity index (χ0v) is 17.1. The normalized spacial score (nSPS) is 20.1. The maximum atomic E-state index is 13.2. The smallest absolute Gasteiger partial charge is 0.308 e. The van der Waals surface area contributed by atoms with Crippen molar-refractivity contribution in [3.63, 3.8) is 0 Å². The number of hydrogen-bond acceptors (Lipinski definition) is 5. The van der Waals surface area contributed by atoms with Gasteiger partial charge in [0.1, 0.15) is 11.8 Å². The van der Waals surface area contributed by atoms with Crippen LogP contribution in [0.3, 0.4) is 0 Å². The number of carbonyl (C=O) groups is 4. The lowest BCUT2D eigenvalue weighted by Gasteiger charge is -2.37. The second-order valence-corrected chi connectivity index (χ2v) is 7.72. The number of imide groups is 1. The van der Waals surface area contributed by atoms with E-state index in [0.29, 0.717) is 24.3 Å². The van der Waals surface area contributed by atoms with Gasteiger partial charge < -0.3 is 9.64 Å². The van der Waals surface area contributed by atoms with E-state index >= 15 is 0 Å². The molecular formula is C22H28N2O5. The number of hydrogen-bond donors (Lipinski definition) is 0. The van der Waals surface area contributed by atoms with E-state index < -0.39 is 12.0 Å². The molecule has 1 aromatic carbocycles. The summed E-state index contributed by atoms with van der Waals surface area (Å²) in [4.78, 5) is 52.7. The zero-order chi connectivity index (χ0) is 21.0. The molecule has 2 aliphatic rings. The van der Waals surface area contributed by atoms with Crippen LogP contribution in [0, 0.1) is 0 Å². The quantitative estimate of drug-likeness (QED) is 0.416. The molecule has 0 aromatic heterocycles. The van der Waals surface area contributed by atoms with Crippen molar-refractivity contribution in [2.45, 2.75) is 77.3 Å². The van der Waals surface area contributed by atoms with E-state index in [4.69, 9.17) is 4.74 Å². The van der Waals surface area contributed by atoms with Crippen molar-refractivity contribution in [1.82, 2.24) is 4.90 Å². The number of anilines is 1. The van der Waals surface area contributed by atoms with E-state index in [1.54, 1.807) is 29.2 Å². The van der Waals surface area contributed by atoms with Crippen LogP contribution in [-0.4, -0.2) is 40.7 Å². The molecule has 1 saturated heterocycles. The molecule has 3 rings (SSSR count). The summed E-state index contributed by atoms with van der Waals surface area (Å²) in [5.74, 6) is -0.809. The van der Waals surface area contributed by atoms with Gasteiger partial charge in [0.2, 0.25) is 11.8 Å². The van der Waals surface area contributed by atoms with Crippen molar-refractivity contribution in [1.29, 1.82) is 0 Å². The molecule has 1 aliphatic carbocycles. The van der Waals surface area contributed by atoms with Crippen LogP contribution in [0.2, 0.25) is 0 Å². The van der Waals surface area contributed by atoms with Crippen molar-refractivity contribution in [3.8, 4) is 5.75 Å². The van der Waals surface area contributed by atoms with Gasteiger partial charge in [-0.25, -0.2) is 4.90 Å². The Morgan fingerprint density at radius 1 is 1.10 bits per heavy atom. The zero-order valence-electron chi connectivity index (χ0n) is 17.1. The third-order valence-electron chi connectivity index (χ3n) is 5.54. The van der Waals surface area contributed by atoms with Gasteiger partial charge in [-0.3, -0.25) is 19.2 Å². The van der Waals surface area contributed by atoms with Gasteiger partial charge in [-0.1, -0.05) is 26.2 Å². The van der Waals surface area contributed by atoms with E-state index in [1.807, 2.05) is 6.92 Å². The second kappa shape index (κ2) is 9.20. The standard InChI is InChI=1S/C22H28N2O5/c1-3-7-20(26)23(16-8-5-4-6-9-16)19-14-21(27)24(22(19)28)17-10-12-18(13-11-17)29-15(2)25/h10-13,16,19H,3-9,14H2,1-2H3. The van der Waals surface area contributed by atoms with Crippen molar-refractivity contribution < 1.29 is 23.9 Å². The summed E-state index contributed by atoms with van der Waals surface area (Å²) in [6.45, 7) is 3.24. The van der Waals surface area contributed by atoms with Gasteiger partial charge in [-0.15, -0.1) is 0 Å².